The van der Waals surface area contributed by atoms with E-state index in [0.717, 1.165) is 28.1 Å². The molecular weight excluding hydrogens is 582 g/mol. The van der Waals surface area contributed by atoms with Gasteiger partial charge in [0.05, 0.1) is 29.2 Å². The molecule has 3 amide bonds. The lowest BCUT2D eigenvalue weighted by Crippen LogP contribution is -2.57. The Labute approximate surface area is 268 Å². The van der Waals surface area contributed by atoms with Crippen molar-refractivity contribution in [3.05, 3.63) is 120 Å². The minimum absolute atomic E-state index is 0.111. The molecule has 230 valence electrons. The van der Waals surface area contributed by atoms with Crippen molar-refractivity contribution in [3.8, 4) is 0 Å². The van der Waals surface area contributed by atoms with E-state index in [1.807, 2.05) is 111 Å². The van der Waals surface area contributed by atoms with Crippen LogP contribution in [0.4, 0.5) is 11.4 Å². The Morgan fingerprint density at radius 3 is 2.31 bits per heavy atom. The number of thioether (sulfide) groups is 1. The van der Waals surface area contributed by atoms with Crippen LogP contribution in [0.1, 0.15) is 16.7 Å². The molecule has 2 saturated heterocycles. The molecular formula is C37H37N3O4S. The molecule has 1 N–H and O–H groups in total. The number of aliphatic hydroxyl groups is 1. The normalized spacial score (nSPS) is 28.1. The lowest BCUT2D eigenvalue weighted by atomic mass is 9.78. The summed E-state index contributed by atoms with van der Waals surface area (Å²) in [6.45, 7) is 4.46. The summed E-state index contributed by atoms with van der Waals surface area (Å²) in [7, 11) is 0. The summed E-state index contributed by atoms with van der Waals surface area (Å²) in [5.74, 6) is -1.96. The number of nitrogens with zero attached hydrogens (tertiary/aromatic N) is 3. The first-order valence-electron chi connectivity index (χ1n) is 15.6. The lowest BCUT2D eigenvalue weighted by Gasteiger charge is -2.38. The summed E-state index contributed by atoms with van der Waals surface area (Å²) >= 11 is 1.56. The number of aryl methyl sites for hydroxylation is 2. The van der Waals surface area contributed by atoms with Gasteiger partial charge in [0.2, 0.25) is 11.8 Å². The monoisotopic (exact) mass is 619 g/mol. The van der Waals surface area contributed by atoms with Crippen molar-refractivity contribution in [2.75, 3.05) is 29.5 Å². The van der Waals surface area contributed by atoms with E-state index in [1.165, 1.54) is 0 Å². The van der Waals surface area contributed by atoms with Crippen LogP contribution in [0.2, 0.25) is 0 Å². The highest BCUT2D eigenvalue weighted by Crippen LogP contribution is 2.61. The quantitative estimate of drug-likeness (QED) is 0.405. The molecule has 7 rings (SSSR count). The van der Waals surface area contributed by atoms with Gasteiger partial charge in [-0.15, -0.1) is 11.8 Å². The molecule has 6 atom stereocenters. The molecule has 4 aliphatic rings. The zero-order valence-electron chi connectivity index (χ0n) is 25.5. The number of carbonyl (C=O) groups excluding carboxylic acids is 3. The van der Waals surface area contributed by atoms with Gasteiger partial charge in [0.1, 0.15) is 6.04 Å². The van der Waals surface area contributed by atoms with Crippen LogP contribution in [-0.4, -0.2) is 69.5 Å². The fourth-order valence-corrected chi connectivity index (χ4v) is 9.67. The molecule has 8 heteroatoms. The summed E-state index contributed by atoms with van der Waals surface area (Å²) in [6.07, 6.45) is 8.49. The number of para-hydroxylation sites is 1. The first-order chi connectivity index (χ1) is 21.8. The smallest absolute Gasteiger partial charge is 0.251 e. The molecule has 0 saturated carbocycles. The highest BCUT2D eigenvalue weighted by atomic mass is 32.2. The molecule has 4 heterocycles. The van der Waals surface area contributed by atoms with E-state index < -0.39 is 28.7 Å². The number of likely N-dealkylation sites (tertiary alicyclic amines) is 1. The number of aliphatic hydroxyl groups excluding tert-OH is 1. The number of benzene rings is 3. The Morgan fingerprint density at radius 1 is 0.867 bits per heavy atom. The van der Waals surface area contributed by atoms with Gasteiger partial charge in [-0.3, -0.25) is 14.4 Å². The van der Waals surface area contributed by atoms with Crippen molar-refractivity contribution in [2.45, 2.75) is 42.3 Å². The van der Waals surface area contributed by atoms with Crippen LogP contribution in [-0.2, 0) is 20.8 Å². The van der Waals surface area contributed by atoms with Crippen molar-refractivity contribution >= 4 is 40.9 Å². The number of hydrogen-bond donors (Lipinski definition) is 1. The van der Waals surface area contributed by atoms with Crippen LogP contribution in [0, 0.1) is 25.7 Å². The van der Waals surface area contributed by atoms with E-state index >= 15 is 0 Å². The number of anilines is 2. The molecule has 1 unspecified atom stereocenters. The van der Waals surface area contributed by atoms with Crippen molar-refractivity contribution in [3.63, 3.8) is 0 Å². The Balaban J connectivity index is 1.36. The Hall–Kier alpha value is -4.14. The minimum Gasteiger partial charge on any atom is -0.394 e. The van der Waals surface area contributed by atoms with Crippen LogP contribution in [0.3, 0.4) is 0 Å². The van der Waals surface area contributed by atoms with Gasteiger partial charge >= 0.3 is 0 Å². The van der Waals surface area contributed by atoms with E-state index in [2.05, 4.69) is 6.08 Å². The van der Waals surface area contributed by atoms with Gasteiger partial charge in [-0.25, -0.2) is 0 Å². The Kier molecular flexibility index (Phi) is 7.66. The average molecular weight is 620 g/mol. The second-order valence-electron chi connectivity index (χ2n) is 12.5. The molecule has 0 aliphatic carbocycles. The fraction of sp³-hybridized carbons (Fsp3) is 0.324. The van der Waals surface area contributed by atoms with Crippen molar-refractivity contribution in [1.82, 2.24) is 4.90 Å². The van der Waals surface area contributed by atoms with Gasteiger partial charge < -0.3 is 19.8 Å². The van der Waals surface area contributed by atoms with E-state index in [1.54, 1.807) is 26.5 Å². The standard InChI is InChI=1S/C37H37N3O4S/c1-24-16-17-25(2)29(21-24)39-20-10-18-37-32(31-30(45-37)15-9-19-38(34(31)42)27-13-7-4-8-14-27)35(43)40(33(37)36(39)44)28(23-41)22-26-11-5-3-6-12-26/h3-18,21,28,30-33,41H,19-20,22-23H2,1-2H3/t28-,30-,31+,32+,33?,37+/m1/s1. The zero-order valence-corrected chi connectivity index (χ0v) is 26.3. The Morgan fingerprint density at radius 2 is 1.58 bits per heavy atom. The molecule has 0 aromatic heterocycles. The highest BCUT2D eigenvalue weighted by molar-refractivity contribution is 8.02. The number of fused-ring (bicyclic) bond motifs is 2. The van der Waals surface area contributed by atoms with Crippen molar-refractivity contribution in [1.29, 1.82) is 0 Å². The number of rotatable bonds is 6. The number of amides is 3. The minimum atomic E-state index is -0.972. The topological polar surface area (TPSA) is 81.2 Å². The summed E-state index contributed by atoms with van der Waals surface area (Å²) in [5.41, 5.74) is 4.56. The van der Waals surface area contributed by atoms with Crippen molar-refractivity contribution < 1.29 is 19.5 Å². The van der Waals surface area contributed by atoms with E-state index in [0.29, 0.717) is 19.5 Å². The third kappa shape index (κ3) is 4.82. The maximum absolute atomic E-state index is 15.0. The Bertz CT molecular complexity index is 1690. The maximum Gasteiger partial charge on any atom is 0.251 e. The largest absolute Gasteiger partial charge is 0.394 e. The predicted molar refractivity (Wildman–Crippen MR) is 178 cm³/mol. The number of hydrogen-bond acceptors (Lipinski definition) is 5. The lowest BCUT2D eigenvalue weighted by molar-refractivity contribution is -0.141. The first-order valence-corrected chi connectivity index (χ1v) is 16.5. The van der Waals surface area contributed by atoms with E-state index in [4.69, 9.17) is 0 Å². The second-order valence-corrected chi connectivity index (χ2v) is 14.0. The van der Waals surface area contributed by atoms with Gasteiger partial charge in [-0.05, 0) is 55.2 Å². The second kappa shape index (κ2) is 11.7. The van der Waals surface area contributed by atoms with Gasteiger partial charge in [0.25, 0.3) is 5.91 Å². The summed E-state index contributed by atoms with van der Waals surface area (Å²) in [5, 5.41) is 10.6. The average Bonchev–Trinajstić information content (AvgIpc) is 3.37. The van der Waals surface area contributed by atoms with Crippen LogP contribution in [0.15, 0.2) is 103 Å². The maximum atomic E-state index is 15.0. The molecule has 0 radical (unpaired) electrons. The fourth-order valence-electron chi connectivity index (χ4n) is 7.67. The number of carbonyl (C=O) groups is 3. The molecule has 2 fully saturated rings. The SMILES string of the molecule is Cc1ccc(C)c(N2CC=C[C@]34S[C@@H]5C=CCN(c6ccccc6)C(=O)[C@@H]5[C@H]3C(=O)N([C@@H](CO)Cc3ccccc3)C4C2=O)c1. The van der Waals surface area contributed by atoms with Crippen LogP contribution >= 0.6 is 11.8 Å². The van der Waals surface area contributed by atoms with Crippen LogP contribution in [0.25, 0.3) is 0 Å². The van der Waals surface area contributed by atoms with Gasteiger partial charge in [0, 0.05) is 29.7 Å². The zero-order chi connectivity index (χ0) is 31.3. The van der Waals surface area contributed by atoms with Crippen LogP contribution < -0.4 is 9.80 Å². The summed E-state index contributed by atoms with van der Waals surface area (Å²) in [6, 6.07) is 23.8. The van der Waals surface area contributed by atoms with Crippen LogP contribution in [0.5, 0.6) is 0 Å². The molecule has 7 nitrogen and oxygen atoms in total. The predicted octanol–water partition coefficient (Wildman–Crippen LogP) is 4.71. The first kappa shape index (κ1) is 29.6. The summed E-state index contributed by atoms with van der Waals surface area (Å²) in [4.78, 5) is 49.6. The molecule has 3 aromatic carbocycles. The molecule has 1 spiro atoms. The summed E-state index contributed by atoms with van der Waals surface area (Å²) < 4.78 is -0.972. The third-order valence-electron chi connectivity index (χ3n) is 9.74. The molecule has 4 aliphatic heterocycles. The third-order valence-corrected chi connectivity index (χ3v) is 11.5. The molecule has 0 bridgehead atoms. The highest BCUT2D eigenvalue weighted by Gasteiger charge is 2.71. The van der Waals surface area contributed by atoms with E-state index in [9.17, 15) is 19.5 Å². The molecule has 3 aromatic rings. The van der Waals surface area contributed by atoms with E-state index in [-0.39, 0.29) is 29.6 Å². The van der Waals surface area contributed by atoms with Gasteiger partial charge in [0.15, 0.2) is 0 Å². The van der Waals surface area contributed by atoms with Gasteiger partial charge in [-0.2, -0.15) is 0 Å². The van der Waals surface area contributed by atoms with Gasteiger partial charge in [-0.1, -0.05) is 85.0 Å². The molecule has 45 heavy (non-hydrogen) atoms. The van der Waals surface area contributed by atoms with Crippen molar-refractivity contribution in [2.24, 2.45) is 11.8 Å².